The number of pyridine rings is 5. The molecular weight excluding hydrogens is 1680 g/mol. The predicted molar refractivity (Wildman–Crippen MR) is 525 cm³/mol. The zero-order valence-electron chi connectivity index (χ0n) is 80.1. The van der Waals surface area contributed by atoms with Crippen LogP contribution in [0.3, 0.4) is 0 Å². The molecule has 716 valence electrons. The third kappa shape index (κ3) is 29.9. The minimum Gasteiger partial charge on any atom is -0.481 e. The SMILES string of the molecule is CC(C)c1cnc(C2CC2)cc1Oc1cnc(N)nc1NCCN1CCCC1.CC(C)c1cnc(C2CC2)cc1Oc1cnc(N)nc1NCCN1CCCCC1.CCC(CO)Nc1nc(N)ncc1Oc1cc(C2CC2)ncc1C(C)C.CCC(CO)Nc1nc(N)ncc1Oc1cc(OC)ncc1C(C)C.CCCCNc1nc(N)ncc1Oc1cc(C2CC2)ncc1C(C)C. The summed E-state index contributed by atoms with van der Waals surface area (Å²) >= 11 is 0. The lowest BCUT2D eigenvalue weighted by atomic mass is 10.0. The van der Waals surface area contributed by atoms with E-state index in [9.17, 15) is 10.2 Å². The van der Waals surface area contributed by atoms with Crippen molar-refractivity contribution < 1.29 is 38.6 Å². The third-order valence-corrected chi connectivity index (χ3v) is 23.8. The number of nitrogens with one attached hydrogen (secondary N) is 5. The smallest absolute Gasteiger partial charge is 0.222 e. The fourth-order valence-corrected chi connectivity index (χ4v) is 15.1. The fourth-order valence-electron chi connectivity index (χ4n) is 15.1. The van der Waals surface area contributed by atoms with Gasteiger partial charge in [-0.1, -0.05) is 103 Å². The van der Waals surface area contributed by atoms with Crippen molar-refractivity contribution in [2.45, 2.75) is 265 Å². The molecule has 0 spiro atoms. The number of methoxy groups -OCH3 is 1. The van der Waals surface area contributed by atoms with E-state index in [0.29, 0.717) is 111 Å². The molecule has 2 unspecified atom stereocenters. The highest BCUT2D eigenvalue weighted by atomic mass is 16.5. The molecule has 133 heavy (non-hydrogen) atoms. The van der Waals surface area contributed by atoms with Crippen molar-refractivity contribution in [1.82, 2.24) is 84.6 Å². The molecule has 0 radical (unpaired) electrons. The summed E-state index contributed by atoms with van der Waals surface area (Å²) in [4.78, 5) is 69.7. The molecule has 0 bridgehead atoms. The summed E-state index contributed by atoms with van der Waals surface area (Å²) in [5, 5.41) is 35.3. The highest BCUT2D eigenvalue weighted by Crippen LogP contribution is 2.48. The number of aliphatic hydroxyl groups is 2. The Bertz CT molecular complexity index is 5350. The molecule has 17 N–H and O–H groups in total. The van der Waals surface area contributed by atoms with E-state index in [2.05, 4.69) is 192 Å². The Hall–Kier alpha value is -12.2. The molecule has 16 rings (SSSR count). The number of rotatable bonds is 40. The van der Waals surface area contributed by atoms with Crippen molar-refractivity contribution in [2.24, 2.45) is 0 Å². The lowest BCUT2D eigenvalue weighted by molar-refractivity contribution is 0.237. The fraction of sp³-hybridized carbons (Fsp3) is 0.541. The maximum atomic E-state index is 9.47. The van der Waals surface area contributed by atoms with Crippen LogP contribution in [0.15, 0.2) is 92.3 Å². The van der Waals surface area contributed by atoms with E-state index in [-0.39, 0.29) is 66.9 Å². The number of nitrogen functional groups attached to an aromatic ring is 5. The number of anilines is 10. The number of nitrogens with zero attached hydrogens (tertiary/aromatic N) is 17. The molecule has 0 amide bonds. The van der Waals surface area contributed by atoms with Gasteiger partial charge in [-0.3, -0.25) is 19.9 Å². The van der Waals surface area contributed by atoms with Gasteiger partial charge in [-0.05, 0) is 152 Å². The highest BCUT2D eigenvalue weighted by molar-refractivity contribution is 5.60. The predicted octanol–water partition coefficient (Wildman–Crippen LogP) is 18.3. The van der Waals surface area contributed by atoms with Crippen LogP contribution in [0.4, 0.5) is 58.8 Å². The van der Waals surface area contributed by atoms with Gasteiger partial charge in [-0.15, -0.1) is 0 Å². The lowest BCUT2D eigenvalue weighted by Crippen LogP contribution is -2.33. The molecule has 4 aliphatic carbocycles. The lowest BCUT2D eigenvalue weighted by Gasteiger charge is -2.26. The molecule has 10 aromatic rings. The normalized spacial score (nSPS) is 15.3. The quantitative estimate of drug-likeness (QED) is 0.0159. The molecule has 6 fully saturated rings. The van der Waals surface area contributed by atoms with E-state index in [4.69, 9.17) is 57.1 Å². The summed E-state index contributed by atoms with van der Waals surface area (Å²) in [6.07, 6.45) is 37.3. The molecule has 2 aliphatic heterocycles. The van der Waals surface area contributed by atoms with E-state index in [1.165, 1.54) is 116 Å². The van der Waals surface area contributed by atoms with Gasteiger partial charge in [0, 0.05) is 168 Å². The second-order valence-corrected chi connectivity index (χ2v) is 36.4. The summed E-state index contributed by atoms with van der Waals surface area (Å²) < 4.78 is 36.3. The number of aliphatic hydroxyl groups excluding tert-OH is 2. The number of hydrogen-bond donors (Lipinski definition) is 12. The number of nitrogens with two attached hydrogens (primary N) is 5. The van der Waals surface area contributed by atoms with E-state index < -0.39 is 0 Å². The van der Waals surface area contributed by atoms with Crippen molar-refractivity contribution >= 4 is 58.8 Å². The van der Waals surface area contributed by atoms with Crippen molar-refractivity contribution in [1.29, 1.82) is 0 Å². The highest BCUT2D eigenvalue weighted by Gasteiger charge is 2.32. The van der Waals surface area contributed by atoms with Crippen LogP contribution in [0.25, 0.3) is 0 Å². The van der Waals surface area contributed by atoms with Crippen LogP contribution in [0.5, 0.6) is 63.4 Å². The molecule has 2 saturated heterocycles. The Balaban J connectivity index is 0.000000150. The van der Waals surface area contributed by atoms with Crippen LogP contribution in [-0.2, 0) is 0 Å². The van der Waals surface area contributed by atoms with Gasteiger partial charge in [0.05, 0.1) is 63.4 Å². The molecule has 2 atom stereocenters. The summed E-state index contributed by atoms with van der Waals surface area (Å²) in [6.45, 7) is 36.4. The summed E-state index contributed by atoms with van der Waals surface area (Å²) in [5.41, 5.74) is 38.5. The first-order valence-electron chi connectivity index (χ1n) is 47.7. The van der Waals surface area contributed by atoms with Crippen molar-refractivity contribution in [3.63, 3.8) is 0 Å². The number of likely N-dealkylation sites (tertiary alicyclic amines) is 2. The molecule has 12 heterocycles. The third-order valence-electron chi connectivity index (χ3n) is 23.8. The monoisotopic (exact) mass is 1820 g/mol. The van der Waals surface area contributed by atoms with Gasteiger partial charge in [0.15, 0.2) is 57.8 Å². The first kappa shape index (κ1) is 99.8. The molecular formula is C98H141N27O8. The van der Waals surface area contributed by atoms with Crippen LogP contribution in [0.2, 0.25) is 0 Å². The van der Waals surface area contributed by atoms with E-state index in [1.807, 2.05) is 58.5 Å². The van der Waals surface area contributed by atoms with E-state index in [1.54, 1.807) is 44.2 Å². The zero-order valence-corrected chi connectivity index (χ0v) is 80.1. The van der Waals surface area contributed by atoms with Crippen molar-refractivity contribution in [3.8, 4) is 63.4 Å². The standard InChI is InChI=1S/C22H32N6O.C21H30N6O.C19H27N5O2.C19H27N5O.C17H25N5O3/c1-15(2)17-13-25-18(16-6-7-16)12-19(17)29-20-14-26-22(23)27-21(20)24-8-11-28-9-4-3-5-10-28;1-14(2)16-12-24-17(15-5-6-15)11-18(16)28-19-13-25-21(22)26-20(19)23-7-10-27-8-3-4-9-27;1-4-13(10-25)23-18-17(9-22-19(20)24-18)26-16-7-15(12-5-6-12)21-8-14(16)11(2)3;1-4-5-8-21-18-17(11-23-19(20)24-18)25-16-9-15(13-6-7-13)22-10-14(16)12(2)3;1-5-11(9-23)21-16-14(8-20-17(18)22-16)25-13-6-15(24-4)19-7-12(13)10(2)3/h12-16H,3-11H2,1-2H3,(H3,23,24,26,27);11-15H,3-10H2,1-2H3,(H3,22,23,25,26);7-9,11-13,25H,4-6,10H2,1-3H3,(H3,20,22,23,24);9-13H,4-8H2,1-3H3,(H3,20,21,23,24);6-8,10-11,23H,5,9H2,1-4H3,(H3,18,20,21,22). The molecule has 35 nitrogen and oxygen atoms in total. The number of ether oxygens (including phenoxy) is 6. The van der Waals surface area contributed by atoms with Crippen LogP contribution in [-0.4, -0.2) is 186 Å². The average Bonchev–Trinajstić information content (AvgIpc) is 1.67. The maximum Gasteiger partial charge on any atom is 0.222 e. The van der Waals surface area contributed by atoms with Gasteiger partial charge in [0.1, 0.15) is 28.7 Å². The molecule has 0 aromatic carbocycles. The number of piperidine rings is 1. The van der Waals surface area contributed by atoms with Crippen LogP contribution < -0.4 is 83.7 Å². The Morgan fingerprint density at radius 2 is 0.602 bits per heavy atom. The van der Waals surface area contributed by atoms with Crippen molar-refractivity contribution in [2.75, 3.05) is 134 Å². The van der Waals surface area contributed by atoms with Crippen LogP contribution >= 0.6 is 0 Å². The van der Waals surface area contributed by atoms with Crippen LogP contribution in [0.1, 0.15) is 303 Å². The largest absolute Gasteiger partial charge is 0.481 e. The maximum absolute atomic E-state index is 9.47. The zero-order chi connectivity index (χ0) is 94.6. The number of unbranched alkanes of at least 4 members (excludes halogenated alkanes) is 1. The second kappa shape index (κ2) is 49.0. The van der Waals surface area contributed by atoms with E-state index in [0.717, 1.165) is 132 Å². The number of hydrogen-bond acceptors (Lipinski definition) is 35. The minimum absolute atomic E-state index is 0.00181. The van der Waals surface area contributed by atoms with Gasteiger partial charge in [-0.25, -0.2) is 29.9 Å². The van der Waals surface area contributed by atoms with Crippen molar-refractivity contribution in [3.05, 3.63) is 143 Å². The average molecular weight is 1830 g/mol. The molecule has 6 aliphatic rings. The Morgan fingerprint density at radius 1 is 0.338 bits per heavy atom. The minimum atomic E-state index is -0.159. The van der Waals surface area contributed by atoms with Gasteiger partial charge in [-0.2, -0.15) is 24.9 Å². The van der Waals surface area contributed by atoms with Gasteiger partial charge in [0.2, 0.25) is 35.6 Å². The first-order chi connectivity index (χ1) is 64.3. The van der Waals surface area contributed by atoms with Gasteiger partial charge < -0.3 is 104 Å². The summed E-state index contributed by atoms with van der Waals surface area (Å²) in [6, 6.07) is 9.69. The second-order valence-electron chi connectivity index (χ2n) is 36.4. The Labute approximate surface area is 783 Å². The summed E-state index contributed by atoms with van der Waals surface area (Å²) in [7, 11) is 1.55. The molecule has 35 heteroatoms. The number of aromatic nitrogens is 15. The first-order valence-corrected chi connectivity index (χ1v) is 47.7. The molecule has 10 aromatic heterocycles. The topological polar surface area (TPSA) is 486 Å². The Kier molecular flexibility index (Phi) is 36.7. The Morgan fingerprint density at radius 3 is 0.865 bits per heavy atom. The van der Waals surface area contributed by atoms with Gasteiger partial charge >= 0.3 is 0 Å². The molecule has 4 saturated carbocycles. The van der Waals surface area contributed by atoms with Crippen LogP contribution in [0, 0.1) is 0 Å². The summed E-state index contributed by atoms with van der Waals surface area (Å²) in [5.74, 6) is 14.6. The van der Waals surface area contributed by atoms with E-state index >= 15 is 0 Å². The van der Waals surface area contributed by atoms with Gasteiger partial charge in [0.25, 0.3) is 0 Å².